The Kier molecular flexibility index (Phi) is 6.03. The van der Waals surface area contributed by atoms with Crippen molar-refractivity contribution < 1.29 is 13.2 Å². The third kappa shape index (κ3) is 4.98. The molecule has 0 aliphatic rings. The highest BCUT2D eigenvalue weighted by molar-refractivity contribution is 7.92. The molecule has 0 saturated heterocycles. The molecule has 0 fully saturated rings. The number of hydrogen-bond acceptors (Lipinski definition) is 4. The first-order valence-corrected chi connectivity index (χ1v) is 11.3. The van der Waals surface area contributed by atoms with Crippen molar-refractivity contribution in [2.24, 2.45) is 0 Å². The number of nitrogens with one attached hydrogen (secondary N) is 2. The van der Waals surface area contributed by atoms with Gasteiger partial charge in [-0.25, -0.2) is 8.42 Å². The predicted molar refractivity (Wildman–Crippen MR) is 116 cm³/mol. The number of pyridine rings is 1. The Morgan fingerprint density at radius 1 is 1.14 bits per heavy atom. The van der Waals surface area contributed by atoms with Gasteiger partial charge in [0.15, 0.2) is 0 Å². The average Bonchev–Trinajstić information content (AvgIpc) is 3.04. The van der Waals surface area contributed by atoms with Crippen LogP contribution in [-0.4, -0.2) is 30.4 Å². The molecule has 0 amide bonds. The second-order valence-corrected chi connectivity index (χ2v) is 9.37. The van der Waals surface area contributed by atoms with Crippen LogP contribution in [0, 0.1) is 6.92 Å². The van der Waals surface area contributed by atoms with Gasteiger partial charge in [-0.15, -0.1) is 0 Å². The minimum absolute atomic E-state index is 0.128. The second kappa shape index (κ2) is 8.18. The normalized spacial score (nSPS) is 12.6. The summed E-state index contributed by atoms with van der Waals surface area (Å²) in [6, 6.07) is 10.1. The molecule has 3 rings (SSSR count). The van der Waals surface area contributed by atoms with E-state index in [0.29, 0.717) is 27.0 Å². The van der Waals surface area contributed by atoms with Crippen LogP contribution in [0.15, 0.2) is 42.6 Å². The van der Waals surface area contributed by atoms with Crippen LogP contribution >= 0.6 is 23.2 Å². The van der Waals surface area contributed by atoms with Gasteiger partial charge in [0.05, 0.1) is 33.9 Å². The van der Waals surface area contributed by atoms with E-state index in [-0.39, 0.29) is 11.7 Å². The molecule has 2 aromatic heterocycles. The highest BCUT2D eigenvalue weighted by Crippen LogP contribution is 2.28. The molecule has 0 bridgehead atoms. The van der Waals surface area contributed by atoms with Crippen molar-refractivity contribution in [3.05, 3.63) is 80.8 Å². The number of ketones is 1. The number of carbonyl (C=O) groups is 1. The molecule has 1 aromatic carbocycles. The zero-order valence-corrected chi connectivity index (χ0v) is 18.3. The summed E-state index contributed by atoms with van der Waals surface area (Å²) < 4.78 is 25.0. The van der Waals surface area contributed by atoms with Crippen molar-refractivity contribution in [1.29, 1.82) is 0 Å². The molecule has 2 heterocycles. The van der Waals surface area contributed by atoms with E-state index in [4.69, 9.17) is 23.2 Å². The minimum atomic E-state index is -3.36. The van der Waals surface area contributed by atoms with Crippen molar-refractivity contribution >= 4 is 44.7 Å². The van der Waals surface area contributed by atoms with Crippen LogP contribution in [0.5, 0.6) is 0 Å². The maximum Gasteiger partial charge on any atom is 0.229 e. The van der Waals surface area contributed by atoms with E-state index in [1.165, 1.54) is 6.20 Å². The third-order valence-electron chi connectivity index (χ3n) is 4.44. The topological polar surface area (TPSA) is 91.9 Å². The summed E-state index contributed by atoms with van der Waals surface area (Å²) in [4.78, 5) is 20.4. The number of aromatic nitrogens is 2. The molecule has 0 aliphatic carbocycles. The fraction of sp³-hybridized carbons (Fsp3) is 0.200. The number of halogens is 2. The molecule has 1 unspecified atom stereocenters. The zero-order valence-electron chi connectivity index (χ0n) is 16.0. The highest BCUT2D eigenvalue weighted by Gasteiger charge is 2.19. The molecule has 3 aromatic rings. The van der Waals surface area contributed by atoms with E-state index in [1.54, 1.807) is 30.3 Å². The first-order valence-electron chi connectivity index (χ1n) is 8.68. The number of hydrogen-bond donors (Lipinski definition) is 2. The largest absolute Gasteiger partial charge is 0.355 e. The van der Waals surface area contributed by atoms with Gasteiger partial charge in [-0.3, -0.25) is 14.5 Å². The number of sulfonamides is 1. The smallest absolute Gasteiger partial charge is 0.229 e. The Labute approximate surface area is 179 Å². The number of carbonyl (C=O) groups excluding carboxylic acids is 1. The van der Waals surface area contributed by atoms with E-state index in [9.17, 15) is 13.2 Å². The summed E-state index contributed by atoms with van der Waals surface area (Å²) in [5.41, 5.74) is 3.67. The fourth-order valence-electron chi connectivity index (χ4n) is 2.93. The van der Waals surface area contributed by atoms with Gasteiger partial charge in [0, 0.05) is 22.9 Å². The van der Waals surface area contributed by atoms with Gasteiger partial charge in [0.1, 0.15) is 0 Å². The van der Waals surface area contributed by atoms with Crippen LogP contribution in [0.2, 0.25) is 10.0 Å². The first-order chi connectivity index (χ1) is 13.5. The molecule has 152 valence electrons. The van der Waals surface area contributed by atoms with E-state index in [2.05, 4.69) is 14.7 Å². The number of aromatic amines is 1. The summed E-state index contributed by atoms with van der Waals surface area (Å²) >= 11 is 12.0. The number of nitrogens with zero attached hydrogens (tertiary/aromatic N) is 1. The highest BCUT2D eigenvalue weighted by atomic mass is 35.5. The Morgan fingerprint density at radius 2 is 1.86 bits per heavy atom. The first kappa shape index (κ1) is 21.4. The van der Waals surface area contributed by atoms with Crippen molar-refractivity contribution in [3.8, 4) is 0 Å². The molecular weight excluding hydrogens is 433 g/mol. The molecule has 0 aliphatic heterocycles. The van der Waals surface area contributed by atoms with Crippen molar-refractivity contribution in [2.45, 2.75) is 19.8 Å². The predicted octanol–water partition coefficient (Wildman–Crippen LogP) is 4.78. The van der Waals surface area contributed by atoms with Crippen molar-refractivity contribution in [3.63, 3.8) is 0 Å². The Bertz CT molecular complexity index is 1170. The lowest BCUT2D eigenvalue weighted by Gasteiger charge is -2.10. The molecule has 29 heavy (non-hydrogen) atoms. The van der Waals surface area contributed by atoms with Crippen LogP contribution in [-0.2, 0) is 10.0 Å². The zero-order chi connectivity index (χ0) is 21.3. The van der Waals surface area contributed by atoms with Gasteiger partial charge < -0.3 is 4.98 Å². The van der Waals surface area contributed by atoms with Gasteiger partial charge in [0.25, 0.3) is 0 Å². The molecule has 9 heteroatoms. The Balaban J connectivity index is 1.85. The number of benzene rings is 1. The standard InChI is InChI=1S/C20H19Cl2N3O3S/c1-11-8-18(12(2)17-7-5-14(10-23-17)25-29(3,27)28)24-19(11)20(26)13-4-6-15(21)16(22)9-13/h4-10,12,24-25H,1-3H3. The molecule has 0 spiro atoms. The van der Waals surface area contributed by atoms with Crippen molar-refractivity contribution in [1.82, 2.24) is 9.97 Å². The average molecular weight is 452 g/mol. The van der Waals surface area contributed by atoms with E-state index in [0.717, 1.165) is 23.2 Å². The van der Waals surface area contributed by atoms with Gasteiger partial charge in [0.2, 0.25) is 15.8 Å². The molecule has 1 atom stereocenters. The third-order valence-corrected chi connectivity index (χ3v) is 5.79. The minimum Gasteiger partial charge on any atom is -0.355 e. The molecule has 6 nitrogen and oxygen atoms in total. The summed E-state index contributed by atoms with van der Waals surface area (Å²) in [7, 11) is -3.36. The lowest BCUT2D eigenvalue weighted by molar-refractivity contribution is 0.103. The van der Waals surface area contributed by atoms with Gasteiger partial charge >= 0.3 is 0 Å². The Hall–Kier alpha value is -2.35. The van der Waals surface area contributed by atoms with Gasteiger partial charge in [-0.2, -0.15) is 0 Å². The lowest BCUT2D eigenvalue weighted by Crippen LogP contribution is -2.10. The molecule has 2 N–H and O–H groups in total. The molecule has 0 radical (unpaired) electrons. The van der Waals surface area contributed by atoms with Crippen LogP contribution < -0.4 is 4.72 Å². The molecule has 0 saturated carbocycles. The monoisotopic (exact) mass is 451 g/mol. The summed E-state index contributed by atoms with van der Waals surface area (Å²) in [5, 5.41) is 0.711. The fourth-order valence-corrected chi connectivity index (χ4v) is 3.78. The number of rotatable bonds is 6. The summed E-state index contributed by atoms with van der Waals surface area (Å²) in [6.45, 7) is 3.80. The maximum atomic E-state index is 12.9. The van der Waals surface area contributed by atoms with E-state index in [1.807, 2.05) is 19.9 Å². The molecular formula is C20H19Cl2N3O3S. The number of anilines is 1. The van der Waals surface area contributed by atoms with Crippen LogP contribution in [0.4, 0.5) is 5.69 Å². The van der Waals surface area contributed by atoms with Crippen LogP contribution in [0.1, 0.15) is 45.8 Å². The number of H-pyrrole nitrogens is 1. The summed E-state index contributed by atoms with van der Waals surface area (Å²) in [5.74, 6) is -0.309. The van der Waals surface area contributed by atoms with Crippen LogP contribution in [0.25, 0.3) is 0 Å². The van der Waals surface area contributed by atoms with E-state index < -0.39 is 10.0 Å². The maximum absolute atomic E-state index is 12.9. The van der Waals surface area contributed by atoms with E-state index >= 15 is 0 Å². The Morgan fingerprint density at radius 3 is 2.45 bits per heavy atom. The quantitative estimate of drug-likeness (QED) is 0.527. The van der Waals surface area contributed by atoms with Crippen molar-refractivity contribution in [2.75, 3.05) is 11.0 Å². The van der Waals surface area contributed by atoms with Gasteiger partial charge in [-0.05, 0) is 48.9 Å². The van der Waals surface area contributed by atoms with Crippen LogP contribution in [0.3, 0.4) is 0 Å². The van der Waals surface area contributed by atoms with Gasteiger partial charge in [-0.1, -0.05) is 30.1 Å². The summed E-state index contributed by atoms with van der Waals surface area (Å²) in [6.07, 6.45) is 2.54. The second-order valence-electron chi connectivity index (χ2n) is 6.81. The number of aryl methyl sites for hydroxylation is 1. The lowest BCUT2D eigenvalue weighted by atomic mass is 10.0. The SMILES string of the molecule is Cc1cc(C(C)c2ccc(NS(C)(=O)=O)cn2)[nH]c1C(=O)c1ccc(Cl)c(Cl)c1.